The summed E-state index contributed by atoms with van der Waals surface area (Å²) in [7, 11) is 1.87. The Morgan fingerprint density at radius 3 is 1.62 bits per heavy atom. The first kappa shape index (κ1) is 15.4. The number of hydrogen-bond acceptors (Lipinski definition) is 1. The van der Waals surface area contributed by atoms with Crippen molar-refractivity contribution >= 4 is 6.21 Å². The van der Waals surface area contributed by atoms with E-state index in [1.165, 1.54) is 11.1 Å². The molecular weight excluding hydrogens is 194 g/mol. The van der Waals surface area contributed by atoms with Crippen molar-refractivity contribution in [2.24, 2.45) is 21.7 Å². The third-order valence-corrected chi connectivity index (χ3v) is 2.89. The Bertz CT molecular complexity index is 278. The molecule has 1 unspecified atom stereocenters. The molecule has 1 heteroatoms. The maximum Gasteiger partial charge on any atom is 0.0273 e. The summed E-state index contributed by atoms with van der Waals surface area (Å²) in [5, 5.41) is 0. The number of nitrogens with zero attached hydrogens (tertiary/aromatic N) is 1. The van der Waals surface area contributed by atoms with Gasteiger partial charge in [0.25, 0.3) is 0 Å². The minimum absolute atomic E-state index is 0.206. The highest BCUT2D eigenvalue weighted by Crippen LogP contribution is 2.41. The molecule has 0 saturated carbocycles. The van der Waals surface area contributed by atoms with Crippen LogP contribution in [0.1, 0.15) is 55.4 Å². The van der Waals surface area contributed by atoms with E-state index in [4.69, 9.17) is 0 Å². The second kappa shape index (κ2) is 5.16. The average molecular weight is 223 g/mol. The van der Waals surface area contributed by atoms with Gasteiger partial charge in [0, 0.05) is 19.2 Å². The van der Waals surface area contributed by atoms with E-state index in [0.29, 0.717) is 5.92 Å². The van der Waals surface area contributed by atoms with Crippen LogP contribution < -0.4 is 0 Å². The summed E-state index contributed by atoms with van der Waals surface area (Å²) < 4.78 is 0. The second-order valence-electron chi connectivity index (χ2n) is 6.91. The molecule has 0 radical (unpaired) electrons. The lowest BCUT2D eigenvalue weighted by Crippen LogP contribution is -2.30. The van der Waals surface area contributed by atoms with Crippen molar-refractivity contribution < 1.29 is 0 Å². The molecule has 0 bridgehead atoms. The Hall–Kier alpha value is -0.590. The summed E-state index contributed by atoms with van der Waals surface area (Å²) >= 11 is 0. The number of aliphatic imine (C=N–C) groups is 1. The minimum Gasteiger partial charge on any atom is -0.300 e. The summed E-state index contributed by atoms with van der Waals surface area (Å²) in [6.45, 7) is 18.1. The molecule has 0 heterocycles. The van der Waals surface area contributed by atoms with Gasteiger partial charge in [0.1, 0.15) is 0 Å². The first-order chi connectivity index (χ1) is 7.01. The van der Waals surface area contributed by atoms with Crippen LogP contribution in [0.3, 0.4) is 0 Å². The molecule has 0 aromatic rings. The van der Waals surface area contributed by atoms with E-state index >= 15 is 0 Å². The van der Waals surface area contributed by atoms with Crippen molar-refractivity contribution in [2.75, 3.05) is 7.05 Å². The fourth-order valence-electron chi connectivity index (χ4n) is 2.41. The van der Waals surface area contributed by atoms with E-state index in [1.54, 1.807) is 0 Å². The molecule has 0 fully saturated rings. The first-order valence-corrected chi connectivity index (χ1v) is 6.12. The maximum atomic E-state index is 4.26. The Morgan fingerprint density at radius 2 is 1.44 bits per heavy atom. The zero-order chi connectivity index (χ0) is 13.1. The van der Waals surface area contributed by atoms with Crippen LogP contribution in [0.2, 0.25) is 0 Å². The zero-order valence-corrected chi connectivity index (χ0v) is 12.6. The molecule has 0 aliphatic heterocycles. The summed E-state index contributed by atoms with van der Waals surface area (Å²) in [5.41, 5.74) is 3.37. The molecule has 94 valence electrons. The van der Waals surface area contributed by atoms with Crippen LogP contribution in [0.25, 0.3) is 0 Å². The first-order valence-electron chi connectivity index (χ1n) is 6.12. The third kappa shape index (κ3) is 4.11. The molecule has 0 rings (SSSR count). The molecule has 0 aliphatic rings. The lowest BCUT2D eigenvalue weighted by Gasteiger charge is -2.37. The van der Waals surface area contributed by atoms with Crippen LogP contribution in [0.15, 0.2) is 16.1 Å². The maximum absolute atomic E-state index is 4.26. The second-order valence-corrected chi connectivity index (χ2v) is 6.91. The number of allylic oxidation sites excluding steroid dienone is 2. The van der Waals surface area contributed by atoms with Crippen LogP contribution in [0.4, 0.5) is 0 Å². The molecule has 0 N–H and O–H groups in total. The van der Waals surface area contributed by atoms with Crippen molar-refractivity contribution in [1.29, 1.82) is 0 Å². The average Bonchev–Trinajstić information content (AvgIpc) is 1.98. The molecule has 0 aromatic heterocycles. The Labute approximate surface area is 102 Å². The number of hydrogen-bond donors (Lipinski definition) is 0. The monoisotopic (exact) mass is 223 g/mol. The van der Waals surface area contributed by atoms with Gasteiger partial charge in [-0.1, -0.05) is 52.7 Å². The molecule has 0 amide bonds. The minimum atomic E-state index is 0.206. The molecule has 1 atom stereocenters. The highest BCUT2D eigenvalue weighted by molar-refractivity contribution is 5.67. The molecule has 0 aromatic carbocycles. The van der Waals surface area contributed by atoms with E-state index in [1.807, 2.05) is 7.05 Å². The van der Waals surface area contributed by atoms with Gasteiger partial charge in [-0.3, -0.25) is 0 Å². The molecule has 0 spiro atoms. The van der Waals surface area contributed by atoms with Crippen LogP contribution in [-0.2, 0) is 0 Å². The van der Waals surface area contributed by atoms with Crippen molar-refractivity contribution in [3.63, 3.8) is 0 Å². The Kier molecular flexibility index (Phi) is 4.97. The third-order valence-electron chi connectivity index (χ3n) is 2.89. The topological polar surface area (TPSA) is 12.4 Å². The van der Waals surface area contributed by atoms with Gasteiger partial charge >= 0.3 is 0 Å². The van der Waals surface area contributed by atoms with Gasteiger partial charge < -0.3 is 4.99 Å². The molecule has 0 saturated heterocycles. The largest absolute Gasteiger partial charge is 0.300 e. The predicted octanol–water partition coefficient (Wildman–Crippen LogP) is 4.73. The van der Waals surface area contributed by atoms with E-state index in [9.17, 15) is 0 Å². The molecule has 1 nitrogen and oxygen atoms in total. The lowest BCUT2D eigenvalue weighted by molar-refractivity contribution is 0.305. The van der Waals surface area contributed by atoms with Crippen molar-refractivity contribution in [3.8, 4) is 0 Å². The summed E-state index contributed by atoms with van der Waals surface area (Å²) in [6, 6.07) is 0. The van der Waals surface area contributed by atoms with E-state index < -0.39 is 0 Å². The van der Waals surface area contributed by atoms with Crippen LogP contribution in [0, 0.1) is 16.7 Å². The molecular formula is C15H29N. The van der Waals surface area contributed by atoms with Crippen LogP contribution in [-0.4, -0.2) is 13.3 Å². The van der Waals surface area contributed by atoms with Gasteiger partial charge in [0.05, 0.1) is 0 Å². The standard InChI is InChI=1S/C15H29N/c1-11(2)13(15(6,7)8)12(10-16-9)14(3,4)5/h10,12H,1-9H3. The normalized spacial score (nSPS) is 15.3. The molecule has 0 aliphatic carbocycles. The SMILES string of the molecule is CN=CC(C(=C(C)C)C(C)(C)C)C(C)(C)C. The molecule has 16 heavy (non-hydrogen) atoms. The lowest BCUT2D eigenvalue weighted by atomic mass is 9.67. The number of rotatable bonds is 2. The van der Waals surface area contributed by atoms with Crippen molar-refractivity contribution in [3.05, 3.63) is 11.1 Å². The van der Waals surface area contributed by atoms with Crippen molar-refractivity contribution in [1.82, 2.24) is 0 Å². The van der Waals surface area contributed by atoms with E-state index in [2.05, 4.69) is 66.6 Å². The quantitative estimate of drug-likeness (QED) is 0.474. The fourth-order valence-corrected chi connectivity index (χ4v) is 2.41. The van der Waals surface area contributed by atoms with Gasteiger partial charge in [-0.2, -0.15) is 0 Å². The fraction of sp³-hybridized carbons (Fsp3) is 0.800. The van der Waals surface area contributed by atoms with Gasteiger partial charge in [0.2, 0.25) is 0 Å². The van der Waals surface area contributed by atoms with Gasteiger partial charge in [-0.05, 0) is 24.7 Å². The highest BCUT2D eigenvalue weighted by atomic mass is 14.7. The van der Waals surface area contributed by atoms with Gasteiger partial charge in [-0.25, -0.2) is 0 Å². The smallest absolute Gasteiger partial charge is 0.0273 e. The summed E-state index contributed by atoms with van der Waals surface area (Å²) in [5.74, 6) is 0.419. The van der Waals surface area contributed by atoms with E-state index in [0.717, 1.165) is 0 Å². The summed E-state index contributed by atoms with van der Waals surface area (Å²) in [4.78, 5) is 4.26. The van der Waals surface area contributed by atoms with Crippen LogP contribution >= 0.6 is 0 Å². The highest BCUT2D eigenvalue weighted by Gasteiger charge is 2.33. The zero-order valence-electron chi connectivity index (χ0n) is 12.6. The van der Waals surface area contributed by atoms with Gasteiger partial charge in [0.15, 0.2) is 0 Å². The predicted molar refractivity (Wildman–Crippen MR) is 75.2 cm³/mol. The van der Waals surface area contributed by atoms with E-state index in [-0.39, 0.29) is 10.8 Å². The van der Waals surface area contributed by atoms with Crippen molar-refractivity contribution in [2.45, 2.75) is 55.4 Å². The Balaban J connectivity index is 5.60. The Morgan fingerprint density at radius 1 is 1.00 bits per heavy atom. The summed E-state index contributed by atoms with van der Waals surface area (Å²) in [6.07, 6.45) is 2.10. The van der Waals surface area contributed by atoms with Crippen LogP contribution in [0.5, 0.6) is 0 Å². The van der Waals surface area contributed by atoms with Gasteiger partial charge in [-0.15, -0.1) is 0 Å².